The second-order valence-corrected chi connectivity index (χ2v) is 3.77. The van der Waals surface area contributed by atoms with Crippen LogP contribution in [0.3, 0.4) is 0 Å². The van der Waals surface area contributed by atoms with E-state index in [-0.39, 0.29) is 23.1 Å². The standard InChI is InChI=1S/2C5H4N2O4.Mg/c2*8-3-1-2(4(9)10)6-5(11)7-3;/h2*1H,(H,9,10)(H2,6,7,8,11);/q;;+2. The van der Waals surface area contributed by atoms with Crippen LogP contribution in [-0.2, 0) is 19.2 Å². The number of hydrogen-bond acceptors (Lipinski definition) is 8. The first-order valence-electron chi connectivity index (χ1n) is 5.44. The number of nitrogens with two attached hydrogens (primary N) is 2. The monoisotopic (exact) mass is 336 g/mol. The molecule has 0 radical (unpaired) electrons. The van der Waals surface area contributed by atoms with E-state index in [1.54, 1.807) is 0 Å². The Kier molecular flexibility index (Phi) is 7.75. The molecule has 2 aliphatic heterocycles. The van der Waals surface area contributed by atoms with Gasteiger partial charge in [-0.25, -0.2) is 30.9 Å². The zero-order valence-corrected chi connectivity index (χ0v) is 12.7. The van der Waals surface area contributed by atoms with Crippen molar-refractivity contribution in [3.63, 3.8) is 0 Å². The quantitative estimate of drug-likeness (QED) is 0.355. The molecule has 23 heavy (non-hydrogen) atoms. The van der Waals surface area contributed by atoms with E-state index in [2.05, 4.69) is 0 Å². The van der Waals surface area contributed by atoms with Gasteiger partial charge in [0.15, 0.2) is 11.4 Å². The van der Waals surface area contributed by atoms with E-state index in [1.165, 1.54) is 0 Å². The summed E-state index contributed by atoms with van der Waals surface area (Å²) >= 11 is 0. The summed E-state index contributed by atoms with van der Waals surface area (Å²) < 4.78 is 0. The van der Waals surface area contributed by atoms with Gasteiger partial charge in [0, 0.05) is 0 Å². The van der Waals surface area contributed by atoms with Crippen molar-refractivity contribution in [2.24, 2.45) is 0 Å². The summed E-state index contributed by atoms with van der Waals surface area (Å²) in [5.74, 6) is -4.55. The molecule has 0 aromatic carbocycles. The average Bonchev–Trinajstić information content (AvgIpc) is 2.37. The second kappa shape index (κ2) is 8.74. The van der Waals surface area contributed by atoms with Gasteiger partial charge in [0.25, 0.3) is 11.8 Å². The number of primary amides is 2. The molecular weight excluding hydrogens is 328 g/mol. The summed E-state index contributed by atoms with van der Waals surface area (Å²) in [5, 5.41) is 25.5. The number of carbonyl (C=O) groups excluding carboxylic acids is 6. The molecule has 0 unspecified atom stereocenters. The van der Waals surface area contributed by atoms with E-state index in [4.69, 9.17) is 0 Å². The van der Waals surface area contributed by atoms with Crippen LogP contribution in [0.15, 0.2) is 23.5 Å². The number of carbonyl (C=O) groups is 6. The number of imide groups is 2. The van der Waals surface area contributed by atoms with Crippen LogP contribution in [0.4, 0.5) is 9.59 Å². The molecule has 2 heterocycles. The third-order valence-corrected chi connectivity index (χ3v) is 2.11. The van der Waals surface area contributed by atoms with Crippen molar-refractivity contribution in [2.75, 3.05) is 0 Å². The molecule has 116 valence electrons. The molecule has 6 amide bonds. The predicted molar refractivity (Wildman–Crippen MR) is 62.9 cm³/mol. The van der Waals surface area contributed by atoms with Gasteiger partial charge in [-0.05, 0) is 0 Å². The van der Waals surface area contributed by atoms with Crippen molar-refractivity contribution >= 4 is 58.9 Å². The van der Waals surface area contributed by atoms with E-state index in [0.717, 1.165) is 22.8 Å². The Morgan fingerprint density at radius 3 is 1.30 bits per heavy atom. The van der Waals surface area contributed by atoms with Crippen molar-refractivity contribution in [1.29, 1.82) is 0 Å². The molecule has 6 N–H and O–H groups in total. The third-order valence-electron chi connectivity index (χ3n) is 2.11. The Labute approximate surface area is 143 Å². The van der Waals surface area contributed by atoms with Gasteiger partial charge in [-0.3, -0.25) is 9.59 Å². The Morgan fingerprint density at radius 2 is 1.09 bits per heavy atom. The summed E-state index contributed by atoms with van der Waals surface area (Å²) in [5.41, 5.74) is -0.808. The van der Waals surface area contributed by atoms with Gasteiger partial charge < -0.3 is 19.8 Å². The van der Waals surface area contributed by atoms with Crippen LogP contribution in [0.25, 0.3) is 0 Å². The number of amides is 6. The summed E-state index contributed by atoms with van der Waals surface area (Å²) in [4.78, 5) is 62.1. The van der Waals surface area contributed by atoms with Crippen LogP contribution >= 0.6 is 0 Å². The molecular formula is C10H8MgN4O8+2. The molecule has 2 rings (SSSR count). The van der Waals surface area contributed by atoms with E-state index in [0.29, 0.717) is 0 Å². The molecule has 0 aromatic rings. The van der Waals surface area contributed by atoms with Crippen LogP contribution < -0.4 is 31.5 Å². The molecule has 2 aliphatic rings. The van der Waals surface area contributed by atoms with Gasteiger partial charge in [0.1, 0.15) is 11.9 Å². The fourth-order valence-corrected chi connectivity index (χ4v) is 1.27. The van der Waals surface area contributed by atoms with Gasteiger partial charge in [0.05, 0.1) is 12.2 Å². The topological polar surface area (TPSA) is 206 Å². The van der Waals surface area contributed by atoms with Crippen LogP contribution in [0, 0.1) is 0 Å². The molecule has 0 fully saturated rings. The predicted octanol–water partition coefficient (Wildman–Crippen LogP) is -7.51. The minimum Gasteiger partial charge on any atom is -0.540 e. The fraction of sp³-hybridized carbons (Fsp3) is 0. The van der Waals surface area contributed by atoms with Crippen molar-refractivity contribution < 1.29 is 49.6 Å². The van der Waals surface area contributed by atoms with Crippen molar-refractivity contribution in [1.82, 2.24) is 10.6 Å². The number of carboxylic acids is 2. The Balaban J connectivity index is 0.000000403. The van der Waals surface area contributed by atoms with Crippen molar-refractivity contribution in [3.05, 3.63) is 23.5 Å². The van der Waals surface area contributed by atoms with Crippen LogP contribution in [-0.4, -0.2) is 58.9 Å². The van der Waals surface area contributed by atoms with Gasteiger partial charge in [-0.15, -0.1) is 0 Å². The smallest absolute Gasteiger partial charge is 0.540 e. The average molecular weight is 336 g/mol. The summed E-state index contributed by atoms with van der Waals surface area (Å²) in [6.07, 6.45) is 1.58. The van der Waals surface area contributed by atoms with Gasteiger partial charge in [-0.2, -0.15) is 0 Å². The van der Waals surface area contributed by atoms with E-state index in [1.807, 2.05) is 10.6 Å². The maximum absolute atomic E-state index is 10.5. The molecule has 12 nitrogen and oxygen atoms in total. The first-order valence-corrected chi connectivity index (χ1v) is 5.44. The molecule has 0 aliphatic carbocycles. The van der Waals surface area contributed by atoms with Gasteiger partial charge >= 0.3 is 35.1 Å². The number of nitrogens with one attached hydrogen (secondary N) is 2. The van der Waals surface area contributed by atoms with Crippen molar-refractivity contribution in [3.8, 4) is 0 Å². The number of quaternary nitrogens is 2. The molecule has 0 spiro atoms. The Bertz CT molecular complexity index is 597. The molecule has 0 bridgehead atoms. The summed E-state index contributed by atoms with van der Waals surface area (Å²) in [6.45, 7) is 0. The van der Waals surface area contributed by atoms with E-state index in [9.17, 15) is 39.0 Å². The molecule has 0 atom stereocenters. The maximum Gasteiger partial charge on any atom is 2.00 e. The largest absolute Gasteiger partial charge is 2.00 e. The number of urea groups is 2. The van der Waals surface area contributed by atoms with Crippen LogP contribution in [0.1, 0.15) is 0 Å². The molecule has 13 heteroatoms. The minimum atomic E-state index is -1.53. The minimum absolute atomic E-state index is 0. The first-order chi connectivity index (χ1) is 10.2. The summed E-state index contributed by atoms with van der Waals surface area (Å²) in [7, 11) is 0. The summed E-state index contributed by atoms with van der Waals surface area (Å²) in [6, 6.07) is -1.48. The number of aliphatic carboxylic acids is 2. The van der Waals surface area contributed by atoms with Crippen LogP contribution in [0.2, 0.25) is 0 Å². The first kappa shape index (κ1) is 20.4. The molecule has 0 aromatic heterocycles. The van der Waals surface area contributed by atoms with Gasteiger partial charge in [-0.1, -0.05) is 0 Å². The number of carboxylic acid groups (broad SMARTS) is 2. The zero-order valence-electron chi connectivity index (χ0n) is 11.3. The normalized spacial score (nSPS) is 16.5. The number of hydrogen-bond donors (Lipinski definition) is 4. The fourth-order valence-electron chi connectivity index (χ4n) is 1.27. The van der Waals surface area contributed by atoms with E-state index >= 15 is 0 Å². The molecule has 0 saturated carbocycles. The maximum atomic E-state index is 10.5. The second-order valence-electron chi connectivity index (χ2n) is 3.77. The Hall–Kier alpha value is -2.61. The van der Waals surface area contributed by atoms with Crippen molar-refractivity contribution in [2.45, 2.75) is 0 Å². The zero-order chi connectivity index (χ0) is 16.9. The van der Waals surface area contributed by atoms with E-state index < -0.39 is 47.2 Å². The molecule has 0 saturated heterocycles. The van der Waals surface area contributed by atoms with Crippen LogP contribution in [0.5, 0.6) is 0 Å². The third kappa shape index (κ3) is 6.79. The SMILES string of the molecule is O=C1C=C(C(=O)[O-])[NH2+]C(=O)N1.O=C1C=C(C(=O)[O-])[NH2+]C(=O)N1.[Mg+2]. The van der Waals surface area contributed by atoms with Gasteiger partial charge in [0.2, 0.25) is 0 Å². The number of rotatable bonds is 2. The Morgan fingerprint density at radius 1 is 0.783 bits per heavy atom.